The van der Waals surface area contributed by atoms with Crippen LogP contribution >= 0.6 is 0 Å². The van der Waals surface area contributed by atoms with Gasteiger partial charge in [-0.3, -0.25) is 0 Å². The minimum atomic E-state index is -0.727. The highest BCUT2D eigenvalue weighted by Crippen LogP contribution is 1.77. The van der Waals surface area contributed by atoms with E-state index in [1.807, 2.05) is 5.43 Å². The minimum absolute atomic E-state index is 0.505. The minimum Gasteiger partial charge on any atom is -0.350 e. The third-order valence-corrected chi connectivity index (χ3v) is 0.742. The normalized spacial score (nSPS) is 11.1. The zero-order valence-electron chi connectivity index (χ0n) is 6.03. The van der Waals surface area contributed by atoms with Gasteiger partial charge in [-0.25, -0.2) is 10.2 Å². The van der Waals surface area contributed by atoms with E-state index in [-0.39, 0.29) is 0 Å². The van der Waals surface area contributed by atoms with Crippen molar-refractivity contribution in [2.75, 3.05) is 0 Å². The quantitative estimate of drug-likeness (QED) is 0.334. The molecule has 0 unspecified atom stereocenters. The SMILES string of the molecule is CC(/C=C/C#N)=N/NC(N)=O. The Morgan fingerprint density at radius 2 is 2.45 bits per heavy atom. The van der Waals surface area contributed by atoms with Crippen LogP contribution in [-0.2, 0) is 0 Å². The molecule has 3 N–H and O–H groups in total. The van der Waals surface area contributed by atoms with E-state index in [4.69, 9.17) is 11.0 Å². The fraction of sp³-hybridized carbons (Fsp3) is 0.167. The molecule has 0 heterocycles. The van der Waals surface area contributed by atoms with Crippen LogP contribution in [0.4, 0.5) is 4.79 Å². The summed E-state index contributed by atoms with van der Waals surface area (Å²) in [7, 11) is 0. The number of hydrogen-bond acceptors (Lipinski definition) is 3. The molecular weight excluding hydrogens is 144 g/mol. The lowest BCUT2D eigenvalue weighted by Gasteiger charge is -1.91. The number of carbonyl (C=O) groups excluding carboxylic acids is 1. The highest BCUT2D eigenvalue weighted by atomic mass is 16.2. The van der Waals surface area contributed by atoms with E-state index in [9.17, 15) is 4.79 Å². The second-order valence-electron chi connectivity index (χ2n) is 1.69. The van der Waals surface area contributed by atoms with Crippen molar-refractivity contribution in [3.05, 3.63) is 12.2 Å². The summed E-state index contributed by atoms with van der Waals surface area (Å²) in [5, 5.41) is 11.6. The number of allylic oxidation sites excluding steroid dienone is 2. The summed E-state index contributed by atoms with van der Waals surface area (Å²) < 4.78 is 0. The maximum atomic E-state index is 10.1. The Bertz CT molecular complexity index is 235. The molecule has 11 heavy (non-hydrogen) atoms. The van der Waals surface area contributed by atoms with Gasteiger partial charge in [-0.15, -0.1) is 0 Å². The van der Waals surface area contributed by atoms with Gasteiger partial charge in [0.05, 0.1) is 11.8 Å². The van der Waals surface area contributed by atoms with E-state index in [1.165, 1.54) is 12.2 Å². The molecule has 0 aromatic carbocycles. The largest absolute Gasteiger partial charge is 0.350 e. The van der Waals surface area contributed by atoms with Crippen molar-refractivity contribution in [3.8, 4) is 6.07 Å². The van der Waals surface area contributed by atoms with Gasteiger partial charge in [0, 0.05) is 6.08 Å². The first-order valence-corrected chi connectivity index (χ1v) is 2.82. The number of nitrogens with two attached hydrogens (primary N) is 1. The van der Waals surface area contributed by atoms with Crippen LogP contribution in [0.2, 0.25) is 0 Å². The lowest BCUT2D eigenvalue weighted by molar-refractivity contribution is 0.249. The summed E-state index contributed by atoms with van der Waals surface area (Å²) in [5.74, 6) is 0. The Morgan fingerprint density at radius 3 is 2.91 bits per heavy atom. The summed E-state index contributed by atoms with van der Waals surface area (Å²) in [6.07, 6.45) is 2.71. The fourth-order valence-electron chi connectivity index (χ4n) is 0.338. The molecule has 0 atom stereocenters. The standard InChI is InChI=1S/C6H8N4O/c1-5(3-2-4-7)9-10-6(8)11/h2-3H,1H3,(H3,8,10,11)/b3-2+,9-5-. The maximum absolute atomic E-state index is 10.1. The molecule has 0 aromatic heterocycles. The molecular formula is C6H8N4O. The van der Waals surface area contributed by atoms with Crippen molar-refractivity contribution in [1.29, 1.82) is 5.26 Å². The zero-order chi connectivity index (χ0) is 8.69. The van der Waals surface area contributed by atoms with E-state index >= 15 is 0 Å². The van der Waals surface area contributed by atoms with Crippen molar-refractivity contribution in [2.24, 2.45) is 10.8 Å². The van der Waals surface area contributed by atoms with Gasteiger partial charge in [0.1, 0.15) is 0 Å². The van der Waals surface area contributed by atoms with Crippen LogP contribution in [0.15, 0.2) is 17.3 Å². The number of urea groups is 1. The molecule has 0 aliphatic heterocycles. The number of nitrogens with zero attached hydrogens (tertiary/aromatic N) is 2. The molecule has 0 saturated carbocycles. The second-order valence-corrected chi connectivity index (χ2v) is 1.69. The van der Waals surface area contributed by atoms with Gasteiger partial charge in [0.15, 0.2) is 0 Å². The van der Waals surface area contributed by atoms with Gasteiger partial charge in [-0.05, 0) is 13.0 Å². The molecule has 0 rings (SSSR count). The van der Waals surface area contributed by atoms with Crippen LogP contribution < -0.4 is 11.2 Å². The molecule has 0 spiro atoms. The van der Waals surface area contributed by atoms with Crippen molar-refractivity contribution in [1.82, 2.24) is 5.43 Å². The van der Waals surface area contributed by atoms with Gasteiger partial charge < -0.3 is 5.73 Å². The molecule has 0 aliphatic carbocycles. The number of hydrazone groups is 1. The van der Waals surface area contributed by atoms with Gasteiger partial charge in [0.25, 0.3) is 0 Å². The van der Waals surface area contributed by atoms with Crippen LogP contribution in [0.25, 0.3) is 0 Å². The predicted molar refractivity (Wildman–Crippen MR) is 40.6 cm³/mol. The Morgan fingerprint density at radius 1 is 1.82 bits per heavy atom. The molecule has 58 valence electrons. The highest BCUT2D eigenvalue weighted by molar-refractivity contribution is 5.93. The lowest BCUT2D eigenvalue weighted by atomic mass is 10.4. The first-order chi connectivity index (χ1) is 5.16. The topological polar surface area (TPSA) is 91.3 Å². The molecule has 5 nitrogen and oxygen atoms in total. The molecule has 0 aliphatic rings. The zero-order valence-corrected chi connectivity index (χ0v) is 6.03. The first kappa shape index (κ1) is 9.17. The average Bonchev–Trinajstić information content (AvgIpc) is 1.97. The average molecular weight is 152 g/mol. The van der Waals surface area contributed by atoms with Gasteiger partial charge >= 0.3 is 6.03 Å². The summed E-state index contributed by atoms with van der Waals surface area (Å²) in [6, 6.07) is 1.05. The summed E-state index contributed by atoms with van der Waals surface area (Å²) in [6.45, 7) is 1.63. The van der Waals surface area contributed by atoms with Crippen LogP contribution in [0, 0.1) is 11.3 Å². The van der Waals surface area contributed by atoms with E-state index < -0.39 is 6.03 Å². The monoisotopic (exact) mass is 152 g/mol. The van der Waals surface area contributed by atoms with Gasteiger partial charge in [0.2, 0.25) is 0 Å². The van der Waals surface area contributed by atoms with Crippen molar-refractivity contribution in [3.63, 3.8) is 0 Å². The molecule has 5 heteroatoms. The van der Waals surface area contributed by atoms with Crippen LogP contribution in [0.5, 0.6) is 0 Å². The van der Waals surface area contributed by atoms with Crippen molar-refractivity contribution < 1.29 is 4.79 Å². The molecule has 0 aromatic rings. The van der Waals surface area contributed by atoms with Crippen LogP contribution in [0.1, 0.15) is 6.92 Å². The van der Waals surface area contributed by atoms with Gasteiger partial charge in [-0.2, -0.15) is 10.4 Å². The van der Waals surface area contributed by atoms with Crippen molar-refractivity contribution in [2.45, 2.75) is 6.92 Å². The molecule has 2 amide bonds. The Hall–Kier alpha value is -1.83. The van der Waals surface area contributed by atoms with Crippen molar-refractivity contribution >= 4 is 11.7 Å². The first-order valence-electron chi connectivity index (χ1n) is 2.82. The van der Waals surface area contributed by atoms with E-state index in [1.54, 1.807) is 13.0 Å². The molecule has 0 saturated heterocycles. The highest BCUT2D eigenvalue weighted by Gasteiger charge is 1.86. The van der Waals surface area contributed by atoms with Crippen LogP contribution in [0.3, 0.4) is 0 Å². The summed E-state index contributed by atoms with van der Waals surface area (Å²) in [4.78, 5) is 10.1. The third kappa shape index (κ3) is 6.05. The molecule has 0 radical (unpaired) electrons. The number of carbonyl (C=O) groups is 1. The number of nitrogens with one attached hydrogen (secondary N) is 1. The Balaban J connectivity index is 3.93. The smallest absolute Gasteiger partial charge is 0.332 e. The summed E-state index contributed by atoms with van der Waals surface area (Å²) >= 11 is 0. The molecule has 0 bridgehead atoms. The van der Waals surface area contributed by atoms with E-state index in [2.05, 4.69) is 5.10 Å². The number of rotatable bonds is 2. The summed E-state index contributed by atoms with van der Waals surface area (Å²) in [5.41, 5.74) is 7.25. The number of primary amides is 1. The Labute approximate surface area is 64.2 Å². The predicted octanol–water partition coefficient (Wildman–Crippen LogP) is 0.110. The fourth-order valence-corrected chi connectivity index (χ4v) is 0.338. The second kappa shape index (κ2) is 4.99. The Kier molecular flexibility index (Phi) is 4.16. The van der Waals surface area contributed by atoms with E-state index in [0.717, 1.165) is 0 Å². The number of hydrogen-bond donors (Lipinski definition) is 2. The number of nitriles is 1. The maximum Gasteiger partial charge on any atom is 0.332 e. The lowest BCUT2D eigenvalue weighted by Crippen LogP contribution is -2.25. The van der Waals surface area contributed by atoms with Crippen LogP contribution in [-0.4, -0.2) is 11.7 Å². The third-order valence-electron chi connectivity index (χ3n) is 0.742. The van der Waals surface area contributed by atoms with Gasteiger partial charge in [-0.1, -0.05) is 0 Å². The number of amides is 2. The molecule has 0 fully saturated rings. The van der Waals surface area contributed by atoms with E-state index in [0.29, 0.717) is 5.71 Å².